The molecule has 2 aromatic heterocycles. The minimum absolute atomic E-state index is 0.605. The maximum Gasteiger partial charge on any atom is 0.226 e. The molecule has 0 N–H and O–H groups in total. The highest BCUT2D eigenvalue weighted by Crippen LogP contribution is 2.22. The zero-order chi connectivity index (χ0) is 17.1. The molecule has 6 nitrogen and oxygen atoms in total. The summed E-state index contributed by atoms with van der Waals surface area (Å²) in [6, 6.07) is 9.37. The monoisotopic (exact) mass is 355 g/mol. The summed E-state index contributed by atoms with van der Waals surface area (Å²) in [6.45, 7) is 4.47. The maximum atomic E-state index is 6.03. The number of hydrogen-bond acceptors (Lipinski definition) is 6. The van der Waals surface area contributed by atoms with E-state index in [1.54, 1.807) is 18.7 Å². The van der Waals surface area contributed by atoms with Crippen LogP contribution in [0.25, 0.3) is 11.5 Å². The van der Waals surface area contributed by atoms with Crippen molar-refractivity contribution < 1.29 is 4.42 Å². The molecule has 0 bridgehead atoms. The Morgan fingerprint density at radius 1 is 1.04 bits per heavy atom. The van der Waals surface area contributed by atoms with Gasteiger partial charge in [0.15, 0.2) is 0 Å². The third-order valence-electron chi connectivity index (χ3n) is 4.22. The van der Waals surface area contributed by atoms with Gasteiger partial charge in [0.1, 0.15) is 6.26 Å². The Kier molecular flexibility index (Phi) is 4.63. The Balaban J connectivity index is 1.36. The number of hydrogen-bond donors (Lipinski definition) is 0. The van der Waals surface area contributed by atoms with Gasteiger partial charge < -0.3 is 9.32 Å². The van der Waals surface area contributed by atoms with Crippen molar-refractivity contribution in [1.29, 1.82) is 0 Å². The van der Waals surface area contributed by atoms with Crippen LogP contribution in [-0.2, 0) is 6.54 Å². The summed E-state index contributed by atoms with van der Waals surface area (Å²) in [5.41, 5.74) is 1.82. The molecule has 1 saturated heterocycles. The van der Waals surface area contributed by atoms with E-state index in [0.29, 0.717) is 10.9 Å². The van der Waals surface area contributed by atoms with Crippen molar-refractivity contribution >= 4 is 17.5 Å². The smallest absolute Gasteiger partial charge is 0.226 e. The molecule has 3 heterocycles. The van der Waals surface area contributed by atoms with Gasteiger partial charge in [0.05, 0.1) is 5.69 Å². The molecule has 0 saturated carbocycles. The molecule has 0 unspecified atom stereocenters. The van der Waals surface area contributed by atoms with E-state index in [-0.39, 0.29) is 0 Å². The number of nitrogens with zero attached hydrogens (tertiary/aromatic N) is 5. The predicted octanol–water partition coefficient (Wildman–Crippen LogP) is 3.11. The van der Waals surface area contributed by atoms with Crippen LogP contribution < -0.4 is 4.90 Å². The predicted molar refractivity (Wildman–Crippen MR) is 96.5 cm³/mol. The van der Waals surface area contributed by atoms with E-state index in [1.807, 2.05) is 30.3 Å². The van der Waals surface area contributed by atoms with Crippen LogP contribution in [0.3, 0.4) is 0 Å². The molecule has 0 aliphatic carbocycles. The van der Waals surface area contributed by atoms with E-state index in [1.165, 1.54) is 0 Å². The first-order valence-corrected chi connectivity index (χ1v) is 8.60. The molecule has 1 fully saturated rings. The van der Waals surface area contributed by atoms with Gasteiger partial charge in [0.2, 0.25) is 11.8 Å². The van der Waals surface area contributed by atoms with Crippen molar-refractivity contribution in [2.45, 2.75) is 6.54 Å². The van der Waals surface area contributed by atoms with Crippen molar-refractivity contribution in [3.8, 4) is 11.5 Å². The zero-order valence-electron chi connectivity index (χ0n) is 13.7. The molecule has 1 aromatic carbocycles. The van der Waals surface area contributed by atoms with Gasteiger partial charge in [-0.05, 0) is 24.3 Å². The lowest BCUT2D eigenvalue weighted by Crippen LogP contribution is -2.46. The average Bonchev–Trinajstić information content (AvgIpc) is 3.12. The van der Waals surface area contributed by atoms with E-state index in [4.69, 9.17) is 16.0 Å². The molecule has 0 atom stereocenters. The van der Waals surface area contributed by atoms with Gasteiger partial charge in [-0.2, -0.15) is 0 Å². The van der Waals surface area contributed by atoms with E-state index >= 15 is 0 Å². The molecule has 0 amide bonds. The minimum atomic E-state index is 0.605. The first-order chi connectivity index (χ1) is 12.3. The molecule has 7 heteroatoms. The molecule has 0 radical (unpaired) electrons. The quantitative estimate of drug-likeness (QED) is 0.716. The summed E-state index contributed by atoms with van der Waals surface area (Å²) in [6.07, 6.45) is 5.28. The van der Waals surface area contributed by atoms with Crippen LogP contribution in [0.4, 0.5) is 5.95 Å². The van der Waals surface area contributed by atoms with Crippen LogP contribution in [0.5, 0.6) is 0 Å². The largest absolute Gasteiger partial charge is 0.444 e. The number of benzene rings is 1. The van der Waals surface area contributed by atoms with Crippen LogP contribution in [0, 0.1) is 0 Å². The topological polar surface area (TPSA) is 58.3 Å². The van der Waals surface area contributed by atoms with E-state index in [2.05, 4.69) is 24.8 Å². The van der Waals surface area contributed by atoms with Gasteiger partial charge >= 0.3 is 0 Å². The Labute approximate surface area is 151 Å². The lowest BCUT2D eigenvalue weighted by Gasteiger charge is -2.34. The Morgan fingerprint density at radius 2 is 1.84 bits per heavy atom. The fraction of sp³-hybridized carbons (Fsp3) is 0.278. The van der Waals surface area contributed by atoms with Crippen molar-refractivity contribution in [3.05, 3.63) is 59.7 Å². The van der Waals surface area contributed by atoms with E-state index in [0.717, 1.165) is 49.9 Å². The number of piperazine rings is 1. The van der Waals surface area contributed by atoms with Crippen LogP contribution >= 0.6 is 11.6 Å². The number of anilines is 1. The first kappa shape index (κ1) is 16.1. The minimum Gasteiger partial charge on any atom is -0.444 e. The summed E-state index contributed by atoms with van der Waals surface area (Å²) in [5.74, 6) is 1.40. The van der Waals surface area contributed by atoms with Crippen molar-refractivity contribution in [1.82, 2.24) is 19.9 Å². The van der Waals surface area contributed by atoms with Crippen molar-refractivity contribution in [2.24, 2.45) is 0 Å². The Bertz CT molecular complexity index is 830. The third-order valence-corrected chi connectivity index (χ3v) is 4.45. The fourth-order valence-electron chi connectivity index (χ4n) is 2.92. The molecular formula is C18H18ClN5O. The molecule has 25 heavy (non-hydrogen) atoms. The molecule has 4 rings (SSSR count). The highest BCUT2D eigenvalue weighted by atomic mass is 35.5. The SMILES string of the molecule is Clc1cccc(-c2nc(CN3CCN(c4ncccn4)CC3)co2)c1. The van der Waals surface area contributed by atoms with Gasteiger partial charge in [-0.25, -0.2) is 15.0 Å². The first-order valence-electron chi connectivity index (χ1n) is 8.22. The van der Waals surface area contributed by atoms with E-state index in [9.17, 15) is 0 Å². The summed E-state index contributed by atoms with van der Waals surface area (Å²) in [5, 5.41) is 0.677. The second kappa shape index (κ2) is 7.21. The normalized spacial score (nSPS) is 15.5. The molecule has 1 aliphatic rings. The third kappa shape index (κ3) is 3.81. The van der Waals surface area contributed by atoms with Crippen molar-refractivity contribution in [3.63, 3.8) is 0 Å². The molecule has 0 spiro atoms. The standard InChI is InChI=1S/C18H18ClN5O/c19-15-4-1-3-14(11-15)17-22-16(13-25-17)12-23-7-9-24(10-8-23)18-20-5-2-6-21-18/h1-6,11,13H,7-10,12H2. The Morgan fingerprint density at radius 3 is 2.60 bits per heavy atom. The Hall–Kier alpha value is -2.44. The van der Waals surface area contributed by atoms with Crippen LogP contribution in [0.1, 0.15) is 5.69 Å². The van der Waals surface area contributed by atoms with Gasteiger partial charge in [0.25, 0.3) is 0 Å². The van der Waals surface area contributed by atoms with Gasteiger partial charge in [-0.1, -0.05) is 17.7 Å². The highest BCUT2D eigenvalue weighted by molar-refractivity contribution is 6.30. The summed E-state index contributed by atoms with van der Waals surface area (Å²) < 4.78 is 5.61. The lowest BCUT2D eigenvalue weighted by atomic mass is 10.2. The second-order valence-electron chi connectivity index (χ2n) is 5.97. The molecule has 1 aliphatic heterocycles. The summed E-state index contributed by atoms with van der Waals surface area (Å²) in [7, 11) is 0. The number of aromatic nitrogens is 3. The van der Waals surface area contributed by atoms with Gasteiger partial charge in [-0.15, -0.1) is 0 Å². The van der Waals surface area contributed by atoms with Crippen LogP contribution in [0.2, 0.25) is 5.02 Å². The maximum absolute atomic E-state index is 6.03. The van der Waals surface area contributed by atoms with E-state index < -0.39 is 0 Å². The average molecular weight is 356 g/mol. The molecule has 3 aromatic rings. The number of oxazole rings is 1. The molecular weight excluding hydrogens is 338 g/mol. The van der Waals surface area contributed by atoms with Crippen molar-refractivity contribution in [2.75, 3.05) is 31.1 Å². The highest BCUT2D eigenvalue weighted by Gasteiger charge is 2.20. The number of rotatable bonds is 4. The fourth-order valence-corrected chi connectivity index (χ4v) is 3.11. The van der Waals surface area contributed by atoms with Crippen LogP contribution in [0.15, 0.2) is 53.4 Å². The lowest BCUT2D eigenvalue weighted by molar-refractivity contribution is 0.246. The van der Waals surface area contributed by atoms with Gasteiger partial charge in [0, 0.05) is 55.7 Å². The zero-order valence-corrected chi connectivity index (χ0v) is 14.4. The number of halogens is 1. The summed E-state index contributed by atoms with van der Waals surface area (Å²) in [4.78, 5) is 17.8. The molecule has 128 valence electrons. The van der Waals surface area contributed by atoms with Crippen LogP contribution in [-0.4, -0.2) is 46.0 Å². The van der Waals surface area contributed by atoms with Gasteiger partial charge in [-0.3, -0.25) is 4.90 Å². The second-order valence-corrected chi connectivity index (χ2v) is 6.40. The summed E-state index contributed by atoms with van der Waals surface area (Å²) >= 11 is 6.03.